The highest BCUT2D eigenvalue weighted by Crippen LogP contribution is 2.23. The molecule has 3 nitrogen and oxygen atoms in total. The monoisotopic (exact) mass is 279 g/mol. The molecule has 0 atom stereocenters. The van der Waals surface area contributed by atoms with Crippen LogP contribution in [-0.2, 0) is 13.1 Å². The van der Waals surface area contributed by atoms with Crippen LogP contribution in [0.3, 0.4) is 0 Å². The van der Waals surface area contributed by atoms with Gasteiger partial charge < -0.3 is 0 Å². The predicted octanol–water partition coefficient (Wildman–Crippen LogP) is 3.51. The van der Waals surface area contributed by atoms with Crippen molar-refractivity contribution in [2.45, 2.75) is 39.4 Å². The highest BCUT2D eigenvalue weighted by Gasteiger charge is 2.24. The third kappa shape index (κ3) is 2.77. The smallest absolute Gasteiger partial charge is 0.0843 e. The second-order valence-corrected chi connectivity index (χ2v) is 5.85. The molecule has 0 aliphatic carbocycles. The molecule has 2 aromatic rings. The summed E-state index contributed by atoms with van der Waals surface area (Å²) in [7, 11) is 2.10. The molecule has 0 radical (unpaired) electrons. The molecule has 0 spiro atoms. The predicted molar refractivity (Wildman–Crippen MR) is 81.7 cm³/mol. The van der Waals surface area contributed by atoms with Crippen LogP contribution in [0.4, 0.5) is 0 Å². The Bertz CT molecular complexity index is 560. The van der Waals surface area contributed by atoms with Crippen molar-refractivity contribution in [2.24, 2.45) is 0 Å². The van der Waals surface area contributed by atoms with Crippen LogP contribution < -0.4 is 0 Å². The van der Waals surface area contributed by atoms with E-state index < -0.39 is 0 Å². The molecule has 0 unspecified atom stereocenters. The lowest BCUT2D eigenvalue weighted by Crippen LogP contribution is -2.42. The van der Waals surface area contributed by atoms with E-state index in [0.29, 0.717) is 5.88 Å². The number of benzene rings is 1. The van der Waals surface area contributed by atoms with Gasteiger partial charge in [0.1, 0.15) is 0 Å². The number of aromatic nitrogens is 2. The molecule has 1 heterocycles. The van der Waals surface area contributed by atoms with E-state index in [2.05, 4.69) is 61.7 Å². The first-order chi connectivity index (χ1) is 8.99. The minimum absolute atomic E-state index is 0.0291. The van der Waals surface area contributed by atoms with Crippen LogP contribution in [0.25, 0.3) is 10.9 Å². The molecule has 4 heteroatoms. The summed E-state index contributed by atoms with van der Waals surface area (Å²) < 4.78 is 2.06. The normalized spacial score (nSPS) is 12.5. The highest BCUT2D eigenvalue weighted by atomic mass is 35.5. The van der Waals surface area contributed by atoms with Crippen LogP contribution >= 0.6 is 11.6 Å². The molecule has 0 fully saturated rings. The Morgan fingerprint density at radius 3 is 2.63 bits per heavy atom. The number of alkyl halides is 1. The molecule has 2 rings (SSSR count). The van der Waals surface area contributed by atoms with E-state index in [1.54, 1.807) is 0 Å². The standard InChI is InChI=1S/C15H22ClN3/c1-5-19-14-9-7-6-8-12(14)13(17-19)10-18(4)15(2,3)11-16/h6-9H,5,10-11H2,1-4H3. The number of hydrogen-bond donors (Lipinski definition) is 0. The molecular weight excluding hydrogens is 258 g/mol. The zero-order valence-corrected chi connectivity index (χ0v) is 12.9. The molecule has 0 N–H and O–H groups in total. The number of para-hydroxylation sites is 1. The quantitative estimate of drug-likeness (QED) is 0.781. The van der Waals surface area contributed by atoms with E-state index in [1.807, 2.05) is 0 Å². The third-order valence-corrected chi connectivity index (χ3v) is 4.44. The molecule has 0 saturated heterocycles. The Hall–Kier alpha value is -1.06. The summed E-state index contributed by atoms with van der Waals surface area (Å²) in [6.45, 7) is 8.13. The SMILES string of the molecule is CCn1nc(CN(C)C(C)(C)CCl)c2ccccc21. The third-order valence-electron chi connectivity index (χ3n) is 3.78. The Balaban J connectivity index is 2.36. The van der Waals surface area contributed by atoms with Crippen molar-refractivity contribution in [2.75, 3.05) is 12.9 Å². The first kappa shape index (κ1) is 14.4. The topological polar surface area (TPSA) is 21.1 Å². The number of aryl methyl sites for hydroxylation is 1. The van der Waals surface area contributed by atoms with Gasteiger partial charge in [-0.3, -0.25) is 9.58 Å². The number of nitrogens with zero attached hydrogens (tertiary/aromatic N) is 3. The summed E-state index contributed by atoms with van der Waals surface area (Å²) in [5.74, 6) is 0.607. The van der Waals surface area contributed by atoms with Gasteiger partial charge in [0.2, 0.25) is 0 Å². The Kier molecular flexibility index (Phi) is 4.16. The molecule has 1 aromatic carbocycles. The fourth-order valence-electron chi connectivity index (χ4n) is 2.09. The highest BCUT2D eigenvalue weighted by molar-refractivity contribution is 6.18. The second-order valence-electron chi connectivity index (χ2n) is 5.58. The molecule has 0 aliphatic rings. The van der Waals surface area contributed by atoms with Gasteiger partial charge in [0, 0.05) is 29.9 Å². The number of rotatable bonds is 5. The second kappa shape index (κ2) is 5.51. The van der Waals surface area contributed by atoms with Gasteiger partial charge in [-0.2, -0.15) is 5.10 Å². The molecule has 0 aliphatic heterocycles. The Labute approximate surface area is 120 Å². The maximum Gasteiger partial charge on any atom is 0.0843 e. The van der Waals surface area contributed by atoms with Crippen molar-refractivity contribution in [1.29, 1.82) is 0 Å². The molecular formula is C15H22ClN3. The van der Waals surface area contributed by atoms with Gasteiger partial charge in [-0.15, -0.1) is 11.6 Å². The van der Waals surface area contributed by atoms with Crippen LogP contribution in [0.1, 0.15) is 26.5 Å². The molecule has 0 saturated carbocycles. The van der Waals surface area contributed by atoms with Crippen LogP contribution in [0.2, 0.25) is 0 Å². The summed E-state index contributed by atoms with van der Waals surface area (Å²) >= 11 is 6.04. The maximum absolute atomic E-state index is 6.04. The van der Waals surface area contributed by atoms with E-state index >= 15 is 0 Å². The average Bonchev–Trinajstić information content (AvgIpc) is 2.77. The van der Waals surface area contributed by atoms with Gasteiger partial charge >= 0.3 is 0 Å². The first-order valence-electron chi connectivity index (χ1n) is 6.71. The minimum atomic E-state index is -0.0291. The van der Waals surface area contributed by atoms with Crippen molar-refractivity contribution in [3.63, 3.8) is 0 Å². The summed E-state index contributed by atoms with van der Waals surface area (Å²) in [5, 5.41) is 5.97. The summed E-state index contributed by atoms with van der Waals surface area (Å²) in [6.07, 6.45) is 0. The van der Waals surface area contributed by atoms with Crippen molar-refractivity contribution >= 4 is 22.5 Å². The number of hydrogen-bond acceptors (Lipinski definition) is 2. The van der Waals surface area contributed by atoms with Crippen molar-refractivity contribution in [3.05, 3.63) is 30.0 Å². The van der Waals surface area contributed by atoms with Crippen LogP contribution in [0, 0.1) is 0 Å². The van der Waals surface area contributed by atoms with Crippen molar-refractivity contribution in [1.82, 2.24) is 14.7 Å². The summed E-state index contributed by atoms with van der Waals surface area (Å²) in [6, 6.07) is 8.40. The summed E-state index contributed by atoms with van der Waals surface area (Å²) in [4.78, 5) is 2.26. The van der Waals surface area contributed by atoms with E-state index in [-0.39, 0.29) is 5.54 Å². The Morgan fingerprint density at radius 1 is 1.32 bits per heavy atom. The molecule has 0 amide bonds. The lowest BCUT2D eigenvalue weighted by molar-refractivity contribution is 0.169. The van der Waals surface area contributed by atoms with Gasteiger partial charge in [-0.25, -0.2) is 0 Å². The first-order valence-corrected chi connectivity index (χ1v) is 7.24. The fourth-order valence-corrected chi connectivity index (χ4v) is 2.30. The minimum Gasteiger partial charge on any atom is -0.294 e. The van der Waals surface area contributed by atoms with Crippen molar-refractivity contribution < 1.29 is 0 Å². The van der Waals surface area contributed by atoms with E-state index in [9.17, 15) is 0 Å². The average molecular weight is 280 g/mol. The number of fused-ring (bicyclic) bond motifs is 1. The van der Waals surface area contributed by atoms with Gasteiger partial charge in [-0.05, 0) is 33.9 Å². The van der Waals surface area contributed by atoms with E-state index in [4.69, 9.17) is 16.7 Å². The van der Waals surface area contributed by atoms with Crippen LogP contribution in [-0.4, -0.2) is 33.1 Å². The lowest BCUT2D eigenvalue weighted by Gasteiger charge is -2.33. The van der Waals surface area contributed by atoms with Gasteiger partial charge in [0.15, 0.2) is 0 Å². The maximum atomic E-state index is 6.04. The van der Waals surface area contributed by atoms with Gasteiger partial charge in [-0.1, -0.05) is 18.2 Å². The van der Waals surface area contributed by atoms with Crippen LogP contribution in [0.15, 0.2) is 24.3 Å². The zero-order chi connectivity index (χ0) is 14.0. The van der Waals surface area contributed by atoms with E-state index in [0.717, 1.165) is 18.8 Å². The molecule has 0 bridgehead atoms. The lowest BCUT2D eigenvalue weighted by atomic mass is 10.1. The molecule has 19 heavy (non-hydrogen) atoms. The number of halogens is 1. The van der Waals surface area contributed by atoms with Gasteiger partial charge in [0.05, 0.1) is 11.2 Å². The van der Waals surface area contributed by atoms with Crippen molar-refractivity contribution in [3.8, 4) is 0 Å². The largest absolute Gasteiger partial charge is 0.294 e. The Morgan fingerprint density at radius 2 is 2.00 bits per heavy atom. The zero-order valence-electron chi connectivity index (χ0n) is 12.2. The molecule has 1 aromatic heterocycles. The summed E-state index contributed by atoms with van der Waals surface area (Å²) in [5.41, 5.74) is 2.30. The van der Waals surface area contributed by atoms with E-state index in [1.165, 1.54) is 10.9 Å². The fraction of sp³-hybridized carbons (Fsp3) is 0.533. The molecule has 104 valence electrons. The van der Waals surface area contributed by atoms with Gasteiger partial charge in [0.25, 0.3) is 0 Å². The van der Waals surface area contributed by atoms with Crippen LogP contribution in [0.5, 0.6) is 0 Å².